The van der Waals surface area contributed by atoms with Gasteiger partial charge in [0.2, 0.25) is 5.91 Å². The minimum atomic E-state index is -0.874. The molecule has 0 aliphatic heterocycles. The highest BCUT2D eigenvalue weighted by Gasteiger charge is 2.18. The average Bonchev–Trinajstić information content (AvgIpc) is 3.40. The molecule has 1 amide bonds. The maximum Gasteiger partial charge on any atom is 0.220 e. The lowest BCUT2D eigenvalue weighted by molar-refractivity contribution is -0.123. The Balaban J connectivity index is 3.51. The van der Waals surface area contributed by atoms with Crippen LogP contribution in [0, 0.1) is 0 Å². The summed E-state index contributed by atoms with van der Waals surface area (Å²) in [7, 11) is 0. The third-order valence-electron chi connectivity index (χ3n) is 14.8. The fourth-order valence-electron chi connectivity index (χ4n) is 9.91. The topological polar surface area (TPSA) is 69.6 Å². The molecule has 0 aromatic carbocycles. The van der Waals surface area contributed by atoms with Crippen LogP contribution >= 0.6 is 0 Å². The molecular formula is C70H127NO3. The van der Waals surface area contributed by atoms with Crippen molar-refractivity contribution in [3.8, 4) is 0 Å². The predicted molar refractivity (Wildman–Crippen MR) is 331 cm³/mol. The first-order valence-corrected chi connectivity index (χ1v) is 32.8. The van der Waals surface area contributed by atoms with E-state index in [2.05, 4.69) is 92.1 Å². The van der Waals surface area contributed by atoms with Crippen molar-refractivity contribution in [3.63, 3.8) is 0 Å². The fourth-order valence-corrected chi connectivity index (χ4v) is 9.91. The second kappa shape index (κ2) is 64.9. The summed E-state index contributed by atoms with van der Waals surface area (Å²) in [5, 5.41) is 23.2. The first-order valence-electron chi connectivity index (χ1n) is 32.8. The highest BCUT2D eigenvalue weighted by atomic mass is 16.3. The van der Waals surface area contributed by atoms with E-state index >= 15 is 0 Å². The van der Waals surface area contributed by atoms with Crippen LogP contribution in [0.2, 0.25) is 0 Å². The number of hydrogen-bond donors (Lipinski definition) is 3. The molecule has 0 heterocycles. The van der Waals surface area contributed by atoms with Gasteiger partial charge < -0.3 is 15.5 Å². The molecule has 0 fully saturated rings. The lowest BCUT2D eigenvalue weighted by Gasteiger charge is -2.19. The van der Waals surface area contributed by atoms with Crippen LogP contribution in [0.5, 0.6) is 0 Å². The molecule has 74 heavy (non-hydrogen) atoms. The first-order chi connectivity index (χ1) is 36.7. The monoisotopic (exact) mass is 1030 g/mol. The predicted octanol–water partition coefficient (Wildman–Crippen LogP) is 22.3. The second-order valence-corrected chi connectivity index (χ2v) is 22.1. The molecule has 2 atom stereocenters. The van der Waals surface area contributed by atoms with Crippen LogP contribution in [-0.4, -0.2) is 34.9 Å². The number of carbonyl (C=O) groups is 1. The Morgan fingerprint density at radius 2 is 0.608 bits per heavy atom. The van der Waals surface area contributed by atoms with Crippen molar-refractivity contribution in [3.05, 3.63) is 85.1 Å². The minimum absolute atomic E-state index is 0.0746. The molecule has 3 N–H and O–H groups in total. The van der Waals surface area contributed by atoms with Gasteiger partial charge in [-0.1, -0.05) is 330 Å². The third kappa shape index (κ3) is 60.4. The lowest BCUT2D eigenvalue weighted by Crippen LogP contribution is -2.45. The van der Waals surface area contributed by atoms with E-state index < -0.39 is 12.1 Å². The standard InChI is InChI=1S/C70H127NO3/c1-3-5-7-9-11-13-15-17-19-21-23-25-27-29-31-33-34-35-36-38-40-42-44-46-48-50-52-54-56-58-60-62-64-66-70(74)71-68(67-72)69(73)65-63-61-59-57-55-53-51-49-47-45-43-41-39-37-32-30-28-26-24-22-20-18-16-14-12-10-8-6-4-2/h5,7,11,13,17,19,23,25,47,49,55,57,63,65,68-69,72-73H,3-4,6,8-10,12,14-16,18,20-22,24,26-46,48,50-54,56,58-62,64,66-67H2,1-2H3,(H,71,74)/b7-5-,13-11-,19-17-,25-23-,49-47+,57-55+,65-63+. The van der Waals surface area contributed by atoms with Crippen molar-refractivity contribution < 1.29 is 15.0 Å². The Bertz CT molecular complexity index is 1310. The van der Waals surface area contributed by atoms with Crippen LogP contribution < -0.4 is 5.32 Å². The molecule has 430 valence electrons. The van der Waals surface area contributed by atoms with Gasteiger partial charge in [-0.2, -0.15) is 0 Å². The van der Waals surface area contributed by atoms with E-state index in [9.17, 15) is 15.0 Å². The number of aliphatic hydroxyl groups excluding tert-OH is 2. The molecule has 0 saturated carbocycles. The van der Waals surface area contributed by atoms with Crippen molar-refractivity contribution in [2.75, 3.05) is 6.61 Å². The van der Waals surface area contributed by atoms with Gasteiger partial charge in [0.25, 0.3) is 0 Å². The molecule has 0 rings (SSSR count). The third-order valence-corrected chi connectivity index (χ3v) is 14.8. The highest BCUT2D eigenvalue weighted by Crippen LogP contribution is 2.18. The number of carbonyl (C=O) groups excluding carboxylic acids is 1. The van der Waals surface area contributed by atoms with Gasteiger partial charge in [-0.3, -0.25) is 4.79 Å². The van der Waals surface area contributed by atoms with E-state index in [1.165, 1.54) is 250 Å². The lowest BCUT2D eigenvalue weighted by atomic mass is 10.0. The SMILES string of the molecule is CC/C=C\C/C=C\C/C=C\C/C=C\CCCCCCCCCCCCCCCCCCCCCCC(=O)NC(CO)C(O)/C=C/CC/C=C/CC/C=C/CCCCCCCCCCCCCCCCCCCCC. The van der Waals surface area contributed by atoms with E-state index in [4.69, 9.17) is 0 Å². The Morgan fingerprint density at radius 3 is 0.946 bits per heavy atom. The van der Waals surface area contributed by atoms with Gasteiger partial charge in [0.05, 0.1) is 18.8 Å². The molecule has 4 heteroatoms. The maximum absolute atomic E-state index is 12.5. The van der Waals surface area contributed by atoms with Crippen molar-refractivity contribution in [1.29, 1.82) is 0 Å². The van der Waals surface area contributed by atoms with Gasteiger partial charge in [0.15, 0.2) is 0 Å². The maximum atomic E-state index is 12.5. The second-order valence-electron chi connectivity index (χ2n) is 22.1. The average molecular weight is 1030 g/mol. The van der Waals surface area contributed by atoms with Crippen LogP contribution in [0.15, 0.2) is 85.1 Å². The van der Waals surface area contributed by atoms with Crippen LogP contribution in [-0.2, 0) is 4.79 Å². The van der Waals surface area contributed by atoms with Gasteiger partial charge in [-0.05, 0) is 83.5 Å². The molecule has 0 aliphatic rings. The molecule has 0 aromatic rings. The molecule has 2 unspecified atom stereocenters. The number of unbranched alkanes of at least 4 members (excludes halogenated alkanes) is 41. The van der Waals surface area contributed by atoms with E-state index in [-0.39, 0.29) is 12.5 Å². The number of aliphatic hydroxyl groups is 2. The van der Waals surface area contributed by atoms with E-state index in [0.29, 0.717) is 6.42 Å². The summed E-state index contributed by atoms with van der Waals surface area (Å²) in [6, 6.07) is -0.650. The summed E-state index contributed by atoms with van der Waals surface area (Å²) in [5.74, 6) is -0.0746. The number of hydrogen-bond acceptors (Lipinski definition) is 3. The molecule has 0 saturated heterocycles. The number of amides is 1. The number of allylic oxidation sites excluding steroid dienone is 13. The van der Waals surface area contributed by atoms with Gasteiger partial charge in [-0.25, -0.2) is 0 Å². The Morgan fingerprint density at radius 1 is 0.338 bits per heavy atom. The zero-order valence-electron chi connectivity index (χ0n) is 49.6. The largest absolute Gasteiger partial charge is 0.394 e. The quantitative estimate of drug-likeness (QED) is 0.0420. The highest BCUT2D eigenvalue weighted by molar-refractivity contribution is 5.76. The Hall–Kier alpha value is -2.43. The summed E-state index contributed by atoms with van der Waals surface area (Å²) in [4.78, 5) is 12.5. The zero-order valence-corrected chi connectivity index (χ0v) is 49.6. The number of nitrogens with one attached hydrogen (secondary N) is 1. The minimum Gasteiger partial charge on any atom is -0.394 e. The van der Waals surface area contributed by atoms with Gasteiger partial charge in [0.1, 0.15) is 0 Å². The molecular weight excluding hydrogens is 903 g/mol. The van der Waals surface area contributed by atoms with E-state index in [1.807, 2.05) is 6.08 Å². The normalized spacial score (nSPS) is 13.3. The summed E-state index contributed by atoms with van der Waals surface area (Å²) >= 11 is 0. The molecule has 4 nitrogen and oxygen atoms in total. The molecule has 0 bridgehead atoms. The Labute approximate surface area is 462 Å². The summed E-state index contributed by atoms with van der Waals surface area (Å²) in [5.41, 5.74) is 0. The zero-order chi connectivity index (χ0) is 53.4. The van der Waals surface area contributed by atoms with E-state index in [1.54, 1.807) is 6.08 Å². The summed E-state index contributed by atoms with van der Waals surface area (Å²) in [6.45, 7) is 4.21. The van der Waals surface area contributed by atoms with Crippen LogP contribution in [0.4, 0.5) is 0 Å². The molecule has 0 spiro atoms. The van der Waals surface area contributed by atoms with Crippen molar-refractivity contribution >= 4 is 5.91 Å². The van der Waals surface area contributed by atoms with Crippen LogP contribution in [0.3, 0.4) is 0 Å². The van der Waals surface area contributed by atoms with Crippen LogP contribution in [0.25, 0.3) is 0 Å². The van der Waals surface area contributed by atoms with Gasteiger partial charge in [-0.15, -0.1) is 0 Å². The van der Waals surface area contributed by atoms with Gasteiger partial charge in [0, 0.05) is 6.42 Å². The first kappa shape index (κ1) is 71.6. The Kier molecular flexibility index (Phi) is 62.7. The summed E-state index contributed by atoms with van der Waals surface area (Å²) in [6.07, 6.45) is 95.1. The molecule has 0 aromatic heterocycles. The van der Waals surface area contributed by atoms with Crippen molar-refractivity contribution in [2.24, 2.45) is 0 Å². The smallest absolute Gasteiger partial charge is 0.220 e. The van der Waals surface area contributed by atoms with Crippen molar-refractivity contribution in [2.45, 2.75) is 347 Å². The van der Waals surface area contributed by atoms with Crippen LogP contribution in [0.1, 0.15) is 335 Å². The van der Waals surface area contributed by atoms with Gasteiger partial charge >= 0.3 is 0 Å². The molecule has 0 aliphatic carbocycles. The number of rotatable bonds is 60. The van der Waals surface area contributed by atoms with Crippen molar-refractivity contribution in [1.82, 2.24) is 5.32 Å². The summed E-state index contributed by atoms with van der Waals surface area (Å²) < 4.78 is 0. The van der Waals surface area contributed by atoms with E-state index in [0.717, 1.165) is 64.2 Å². The fraction of sp³-hybridized carbons (Fsp3) is 0.786. The molecule has 0 radical (unpaired) electrons.